The fourth-order valence-corrected chi connectivity index (χ4v) is 8.61. The van der Waals surface area contributed by atoms with Crippen LogP contribution in [0.3, 0.4) is 0 Å². The standard InChI is InChI=1S/C33H32N2O3.ClH/c1-37-22-6-4-5-20(15-22)23-12-11-21-16-27-33(36)17-25-24-7-2-3-8-26(24)34-29(25)31-32(33,28(21)30(23)38-31)13-14-35(27)18-19-9-10-19;/h2-8,11-12,15,19,27,31,34,36H,9-10,13-14,16-18H2,1H3;1H/t27-,31-,32-,33+;/m0./s1. The molecule has 0 radical (unpaired) electrons. The van der Waals surface area contributed by atoms with Crippen molar-refractivity contribution in [1.29, 1.82) is 0 Å². The maximum Gasteiger partial charge on any atom is 0.151 e. The number of benzene rings is 3. The molecule has 0 amide bonds. The van der Waals surface area contributed by atoms with Crippen molar-refractivity contribution in [2.45, 2.75) is 55.3 Å². The van der Waals surface area contributed by atoms with Gasteiger partial charge in [0.05, 0.1) is 23.8 Å². The molecule has 1 aromatic heterocycles. The van der Waals surface area contributed by atoms with Gasteiger partial charge in [0.15, 0.2) is 6.10 Å². The summed E-state index contributed by atoms with van der Waals surface area (Å²) in [4.78, 5) is 6.40. The maximum absolute atomic E-state index is 13.1. The van der Waals surface area contributed by atoms with Crippen LogP contribution >= 0.6 is 12.4 Å². The van der Waals surface area contributed by atoms with E-state index in [1.54, 1.807) is 7.11 Å². The van der Waals surface area contributed by atoms with Gasteiger partial charge in [0.1, 0.15) is 11.5 Å². The summed E-state index contributed by atoms with van der Waals surface area (Å²) in [7, 11) is 1.71. The van der Waals surface area contributed by atoms with E-state index in [1.807, 2.05) is 12.1 Å². The number of H-pyrrole nitrogens is 1. The molecule has 1 spiro atoms. The van der Waals surface area contributed by atoms with Crippen LogP contribution in [0.4, 0.5) is 0 Å². The second-order valence-corrected chi connectivity index (χ2v) is 12.2. The summed E-state index contributed by atoms with van der Waals surface area (Å²) in [6.45, 7) is 2.13. The van der Waals surface area contributed by atoms with Gasteiger partial charge in [0, 0.05) is 41.0 Å². The SMILES string of the molecule is COc1cccc(-c2ccc3c4c2O[C@H]2c5[nH]c6ccccc6c5C[C@@]5(O)[C@H](C3)N(CC3CC3)CC[C@]425)c1.Cl. The van der Waals surface area contributed by atoms with Crippen LogP contribution < -0.4 is 9.47 Å². The number of aromatic nitrogens is 1. The zero-order chi connectivity index (χ0) is 25.2. The molecule has 0 unspecified atom stereocenters. The topological polar surface area (TPSA) is 57.7 Å². The number of methoxy groups -OCH3 is 1. The van der Waals surface area contributed by atoms with Crippen LogP contribution in [0.5, 0.6) is 11.5 Å². The summed E-state index contributed by atoms with van der Waals surface area (Å²) in [5.74, 6) is 2.59. The Balaban J connectivity index is 0.00000235. The fourth-order valence-electron chi connectivity index (χ4n) is 8.61. The molecule has 2 N–H and O–H groups in total. The molecule has 1 saturated heterocycles. The molecule has 39 heavy (non-hydrogen) atoms. The number of likely N-dealkylation sites (tertiary alicyclic amines) is 1. The first kappa shape index (κ1) is 23.9. The van der Waals surface area contributed by atoms with E-state index in [0.29, 0.717) is 6.42 Å². The summed E-state index contributed by atoms with van der Waals surface area (Å²) in [5, 5.41) is 14.3. The Morgan fingerprint density at radius 2 is 1.97 bits per heavy atom. The molecule has 3 aliphatic carbocycles. The van der Waals surface area contributed by atoms with Crippen LogP contribution in [0.15, 0.2) is 60.7 Å². The monoisotopic (exact) mass is 540 g/mol. The number of aliphatic hydroxyl groups is 1. The summed E-state index contributed by atoms with van der Waals surface area (Å²) in [5.41, 5.74) is 6.98. The Bertz CT molecular complexity index is 1640. The van der Waals surface area contributed by atoms with Crippen LogP contribution in [-0.2, 0) is 18.3 Å². The summed E-state index contributed by atoms with van der Waals surface area (Å²) >= 11 is 0. The third kappa shape index (κ3) is 2.93. The molecule has 6 heteroatoms. The molecule has 2 bridgehead atoms. The number of nitrogens with zero attached hydrogens (tertiary/aromatic N) is 1. The quantitative estimate of drug-likeness (QED) is 0.335. The van der Waals surface area contributed by atoms with Gasteiger partial charge in [-0.15, -0.1) is 12.4 Å². The number of nitrogens with one attached hydrogen (secondary N) is 1. The van der Waals surface area contributed by atoms with Gasteiger partial charge in [-0.1, -0.05) is 42.5 Å². The number of rotatable bonds is 4. The van der Waals surface area contributed by atoms with Crippen molar-refractivity contribution in [3.05, 3.63) is 83.0 Å². The van der Waals surface area contributed by atoms with Crippen molar-refractivity contribution in [2.75, 3.05) is 20.2 Å². The van der Waals surface area contributed by atoms with Crippen molar-refractivity contribution in [1.82, 2.24) is 9.88 Å². The van der Waals surface area contributed by atoms with Gasteiger partial charge >= 0.3 is 0 Å². The largest absolute Gasteiger partial charge is 0.497 e. The maximum atomic E-state index is 13.1. The first-order valence-electron chi connectivity index (χ1n) is 14.1. The lowest BCUT2D eigenvalue weighted by Crippen LogP contribution is -2.74. The zero-order valence-electron chi connectivity index (χ0n) is 22.1. The minimum atomic E-state index is -0.881. The Morgan fingerprint density at radius 3 is 2.82 bits per heavy atom. The number of fused-ring (bicyclic) bond motifs is 4. The first-order valence-corrected chi connectivity index (χ1v) is 14.1. The van der Waals surface area contributed by atoms with E-state index in [9.17, 15) is 5.11 Å². The first-order chi connectivity index (χ1) is 18.6. The third-order valence-electron chi connectivity index (χ3n) is 10.5. The highest BCUT2D eigenvalue weighted by Crippen LogP contribution is 2.69. The summed E-state index contributed by atoms with van der Waals surface area (Å²) in [6.07, 6.45) is 4.88. The average Bonchev–Trinajstić information content (AvgIpc) is 3.58. The van der Waals surface area contributed by atoms with E-state index in [0.717, 1.165) is 65.7 Å². The molecule has 1 saturated carbocycles. The van der Waals surface area contributed by atoms with Crippen LogP contribution in [0.25, 0.3) is 22.0 Å². The van der Waals surface area contributed by atoms with Crippen molar-refractivity contribution < 1.29 is 14.6 Å². The predicted octanol–water partition coefficient (Wildman–Crippen LogP) is 5.96. The molecule has 2 aliphatic heterocycles. The van der Waals surface area contributed by atoms with E-state index in [4.69, 9.17) is 9.47 Å². The predicted molar refractivity (Wildman–Crippen MR) is 154 cm³/mol. The number of aromatic amines is 1. The van der Waals surface area contributed by atoms with Gasteiger partial charge in [0.2, 0.25) is 0 Å². The number of ether oxygens (including phenoxy) is 2. The van der Waals surface area contributed by atoms with Gasteiger partial charge in [-0.2, -0.15) is 0 Å². The summed E-state index contributed by atoms with van der Waals surface area (Å²) in [6, 6.07) is 21.4. The Labute approximate surface area is 234 Å². The molecule has 9 rings (SSSR count). The Hall–Kier alpha value is -2.99. The van der Waals surface area contributed by atoms with Crippen LogP contribution in [0, 0.1) is 5.92 Å². The van der Waals surface area contributed by atoms with Crippen LogP contribution in [-0.4, -0.2) is 46.8 Å². The van der Waals surface area contributed by atoms with Gasteiger partial charge in [-0.25, -0.2) is 0 Å². The van der Waals surface area contributed by atoms with Gasteiger partial charge in [0.25, 0.3) is 0 Å². The minimum absolute atomic E-state index is 0. The molecule has 200 valence electrons. The second kappa shape index (κ2) is 8.03. The van der Waals surface area contributed by atoms with E-state index in [1.165, 1.54) is 34.9 Å². The van der Waals surface area contributed by atoms with E-state index in [2.05, 4.69) is 58.4 Å². The average molecular weight is 541 g/mol. The highest BCUT2D eigenvalue weighted by molar-refractivity contribution is 5.87. The lowest BCUT2D eigenvalue weighted by molar-refractivity contribution is -0.173. The minimum Gasteiger partial charge on any atom is -0.497 e. The molecular formula is C33H33ClN2O3. The summed E-state index contributed by atoms with van der Waals surface area (Å²) < 4.78 is 12.7. The van der Waals surface area contributed by atoms with Crippen molar-refractivity contribution in [3.8, 4) is 22.6 Å². The number of hydrogen-bond acceptors (Lipinski definition) is 4. The van der Waals surface area contributed by atoms with Crippen LogP contribution in [0.1, 0.15) is 47.8 Å². The highest BCUT2D eigenvalue weighted by Gasteiger charge is 2.72. The molecule has 5 nitrogen and oxygen atoms in total. The number of halogens is 1. The number of para-hydroxylation sites is 1. The zero-order valence-corrected chi connectivity index (χ0v) is 22.9. The molecule has 4 atom stereocenters. The van der Waals surface area contributed by atoms with Crippen molar-refractivity contribution >= 4 is 23.3 Å². The normalized spacial score (nSPS) is 29.8. The highest BCUT2D eigenvalue weighted by atomic mass is 35.5. The van der Waals surface area contributed by atoms with Gasteiger partial charge < -0.3 is 19.6 Å². The molecular weight excluding hydrogens is 508 g/mol. The van der Waals surface area contributed by atoms with E-state index >= 15 is 0 Å². The second-order valence-electron chi connectivity index (χ2n) is 12.2. The van der Waals surface area contributed by atoms with Gasteiger partial charge in [-0.3, -0.25) is 4.90 Å². The lowest BCUT2D eigenvalue weighted by atomic mass is 9.49. The lowest BCUT2D eigenvalue weighted by Gasteiger charge is -2.62. The Kier molecular flexibility index (Phi) is 4.91. The molecule has 4 aromatic rings. The fraction of sp³-hybridized carbons (Fsp3) is 0.394. The number of piperidine rings is 1. The molecule has 3 heterocycles. The molecule has 3 aromatic carbocycles. The smallest absolute Gasteiger partial charge is 0.151 e. The van der Waals surface area contributed by atoms with Crippen molar-refractivity contribution in [2.24, 2.45) is 5.92 Å². The Morgan fingerprint density at radius 1 is 1.10 bits per heavy atom. The third-order valence-corrected chi connectivity index (χ3v) is 10.5. The number of hydrogen-bond donors (Lipinski definition) is 2. The van der Waals surface area contributed by atoms with E-state index < -0.39 is 11.0 Å². The van der Waals surface area contributed by atoms with E-state index in [-0.39, 0.29) is 24.6 Å². The molecule has 5 aliphatic rings. The van der Waals surface area contributed by atoms with Crippen LogP contribution in [0.2, 0.25) is 0 Å². The molecule has 2 fully saturated rings. The van der Waals surface area contributed by atoms with Gasteiger partial charge in [-0.05, 0) is 73.0 Å². The van der Waals surface area contributed by atoms with Crippen molar-refractivity contribution in [3.63, 3.8) is 0 Å².